The highest BCUT2D eigenvalue weighted by atomic mass is 19.2. The van der Waals surface area contributed by atoms with Crippen LogP contribution in [0.4, 0.5) is 17.6 Å². The van der Waals surface area contributed by atoms with Gasteiger partial charge in [0.2, 0.25) is 0 Å². The lowest BCUT2D eigenvalue weighted by molar-refractivity contribution is 0.0986. The van der Waals surface area contributed by atoms with Crippen LogP contribution in [0, 0.1) is 23.3 Å². The molecule has 0 fully saturated rings. The van der Waals surface area contributed by atoms with Gasteiger partial charge in [-0.3, -0.25) is 4.79 Å². The van der Waals surface area contributed by atoms with Gasteiger partial charge in [0.25, 0.3) is 0 Å². The standard InChI is InChI=1S/C15H10F4O2/c1-21-12-4-2-3-8(13(12)17)7-11(20)9-5-6-10(16)15(19)14(9)18/h2-6H,7H2,1H3. The van der Waals surface area contributed by atoms with Crippen LogP contribution in [0.2, 0.25) is 0 Å². The fourth-order valence-corrected chi connectivity index (χ4v) is 1.86. The molecular formula is C15H10F4O2. The summed E-state index contributed by atoms with van der Waals surface area (Å²) in [5, 5.41) is 0. The van der Waals surface area contributed by atoms with Crippen molar-refractivity contribution in [2.45, 2.75) is 6.42 Å². The van der Waals surface area contributed by atoms with Crippen LogP contribution >= 0.6 is 0 Å². The number of rotatable bonds is 4. The number of carbonyl (C=O) groups excluding carboxylic acids is 1. The second-order valence-corrected chi connectivity index (χ2v) is 4.26. The van der Waals surface area contributed by atoms with Crippen LogP contribution in [0.15, 0.2) is 30.3 Å². The van der Waals surface area contributed by atoms with Gasteiger partial charge in [-0.05, 0) is 23.8 Å². The van der Waals surface area contributed by atoms with Gasteiger partial charge in [-0.1, -0.05) is 12.1 Å². The molecule has 0 saturated heterocycles. The highest BCUT2D eigenvalue weighted by Crippen LogP contribution is 2.22. The predicted molar refractivity (Wildman–Crippen MR) is 67.3 cm³/mol. The minimum Gasteiger partial charge on any atom is -0.494 e. The first-order valence-electron chi connectivity index (χ1n) is 5.93. The van der Waals surface area contributed by atoms with Gasteiger partial charge >= 0.3 is 0 Å². The zero-order valence-corrected chi connectivity index (χ0v) is 10.9. The Bertz CT molecular complexity index is 698. The molecule has 0 radical (unpaired) electrons. The average molecular weight is 298 g/mol. The van der Waals surface area contributed by atoms with Crippen LogP contribution in [0.1, 0.15) is 15.9 Å². The molecule has 6 heteroatoms. The monoisotopic (exact) mass is 298 g/mol. The molecular weight excluding hydrogens is 288 g/mol. The topological polar surface area (TPSA) is 26.3 Å². The van der Waals surface area contributed by atoms with Gasteiger partial charge in [0.15, 0.2) is 34.8 Å². The Morgan fingerprint density at radius 2 is 1.71 bits per heavy atom. The summed E-state index contributed by atoms with van der Waals surface area (Å²) in [7, 11) is 1.26. The molecule has 0 atom stereocenters. The Kier molecular flexibility index (Phi) is 4.26. The Morgan fingerprint density at radius 1 is 1.00 bits per heavy atom. The molecule has 0 aliphatic carbocycles. The fourth-order valence-electron chi connectivity index (χ4n) is 1.86. The van der Waals surface area contributed by atoms with Crippen LogP contribution in [-0.4, -0.2) is 12.9 Å². The number of methoxy groups -OCH3 is 1. The SMILES string of the molecule is COc1cccc(CC(=O)c2ccc(F)c(F)c2F)c1F. The zero-order valence-electron chi connectivity index (χ0n) is 10.9. The van der Waals surface area contributed by atoms with Crippen LogP contribution < -0.4 is 4.74 Å². The van der Waals surface area contributed by atoms with Crippen molar-refractivity contribution in [3.05, 3.63) is 64.7 Å². The lowest BCUT2D eigenvalue weighted by atomic mass is 10.0. The quantitative estimate of drug-likeness (QED) is 0.489. The first-order chi connectivity index (χ1) is 9.95. The summed E-state index contributed by atoms with van der Waals surface area (Å²) < 4.78 is 58.1. The predicted octanol–water partition coefficient (Wildman–Crippen LogP) is 3.68. The normalized spacial score (nSPS) is 10.5. The lowest BCUT2D eigenvalue weighted by Gasteiger charge is -2.08. The van der Waals surface area contributed by atoms with Gasteiger partial charge in [-0.25, -0.2) is 17.6 Å². The first-order valence-corrected chi connectivity index (χ1v) is 5.93. The van der Waals surface area contributed by atoms with Crippen molar-refractivity contribution in [2.24, 2.45) is 0 Å². The van der Waals surface area contributed by atoms with E-state index in [0.29, 0.717) is 6.07 Å². The Morgan fingerprint density at radius 3 is 2.38 bits per heavy atom. The van der Waals surface area contributed by atoms with Crippen molar-refractivity contribution in [2.75, 3.05) is 7.11 Å². The molecule has 110 valence electrons. The van der Waals surface area contributed by atoms with E-state index in [0.717, 1.165) is 6.07 Å². The third-order valence-electron chi connectivity index (χ3n) is 2.95. The molecule has 0 aliphatic rings. The van der Waals surface area contributed by atoms with Crippen molar-refractivity contribution in [3.8, 4) is 5.75 Å². The highest BCUT2D eigenvalue weighted by Gasteiger charge is 2.20. The van der Waals surface area contributed by atoms with Crippen molar-refractivity contribution in [1.82, 2.24) is 0 Å². The summed E-state index contributed by atoms with van der Waals surface area (Å²) in [5.41, 5.74) is -0.653. The maximum Gasteiger partial charge on any atom is 0.195 e. The van der Waals surface area contributed by atoms with Crippen LogP contribution in [0.25, 0.3) is 0 Å². The lowest BCUT2D eigenvalue weighted by Crippen LogP contribution is -2.10. The van der Waals surface area contributed by atoms with E-state index in [-0.39, 0.29) is 11.3 Å². The number of hydrogen-bond donors (Lipinski definition) is 0. The van der Waals surface area contributed by atoms with E-state index < -0.39 is 41.0 Å². The summed E-state index contributed by atoms with van der Waals surface area (Å²) in [6.07, 6.45) is -0.495. The molecule has 0 bridgehead atoms. The first kappa shape index (κ1) is 15.0. The number of Topliss-reactive ketones (excluding diaryl/α,β-unsaturated/α-hetero) is 1. The van der Waals surface area contributed by atoms with Crippen LogP contribution in [0.3, 0.4) is 0 Å². The molecule has 0 heterocycles. The minimum atomic E-state index is -1.73. The summed E-state index contributed by atoms with van der Waals surface area (Å²) in [5.74, 6) is -6.38. The fraction of sp³-hybridized carbons (Fsp3) is 0.133. The zero-order chi connectivity index (χ0) is 15.6. The molecule has 2 rings (SSSR count). The van der Waals surface area contributed by atoms with Crippen LogP contribution in [0.5, 0.6) is 5.75 Å². The minimum absolute atomic E-state index is 0.0246. The summed E-state index contributed by atoms with van der Waals surface area (Å²) in [4.78, 5) is 11.9. The van der Waals surface area contributed by atoms with Gasteiger partial charge in [-0.2, -0.15) is 0 Å². The van der Waals surface area contributed by atoms with E-state index in [9.17, 15) is 22.4 Å². The molecule has 0 aliphatic heterocycles. The molecule has 0 aromatic heterocycles. The molecule has 2 aromatic carbocycles. The van der Waals surface area contributed by atoms with E-state index in [1.165, 1.54) is 25.3 Å². The third kappa shape index (κ3) is 2.89. The summed E-state index contributed by atoms with van der Waals surface area (Å²) in [6.45, 7) is 0. The van der Waals surface area contributed by atoms with Crippen LogP contribution in [-0.2, 0) is 6.42 Å². The summed E-state index contributed by atoms with van der Waals surface area (Å²) in [6, 6.07) is 5.63. The van der Waals surface area contributed by atoms with Gasteiger partial charge in [0.1, 0.15) is 0 Å². The number of ether oxygens (including phenoxy) is 1. The molecule has 0 spiro atoms. The highest BCUT2D eigenvalue weighted by molar-refractivity contribution is 5.97. The largest absolute Gasteiger partial charge is 0.494 e. The molecule has 0 saturated carbocycles. The third-order valence-corrected chi connectivity index (χ3v) is 2.95. The van der Waals surface area contributed by atoms with Gasteiger partial charge in [0, 0.05) is 6.42 Å². The average Bonchev–Trinajstić information content (AvgIpc) is 2.47. The Hall–Kier alpha value is -2.37. The number of benzene rings is 2. The van der Waals surface area contributed by atoms with Gasteiger partial charge in [0.05, 0.1) is 12.7 Å². The van der Waals surface area contributed by atoms with Crippen molar-refractivity contribution in [3.63, 3.8) is 0 Å². The summed E-state index contributed by atoms with van der Waals surface area (Å²) >= 11 is 0. The second-order valence-electron chi connectivity index (χ2n) is 4.26. The van der Waals surface area contributed by atoms with Crippen molar-refractivity contribution >= 4 is 5.78 Å². The van der Waals surface area contributed by atoms with Crippen molar-refractivity contribution in [1.29, 1.82) is 0 Å². The molecule has 21 heavy (non-hydrogen) atoms. The maximum atomic E-state index is 13.9. The van der Waals surface area contributed by atoms with E-state index in [1.54, 1.807) is 0 Å². The number of ketones is 1. The molecule has 0 unspecified atom stereocenters. The van der Waals surface area contributed by atoms with Gasteiger partial charge in [-0.15, -0.1) is 0 Å². The van der Waals surface area contributed by atoms with E-state index >= 15 is 0 Å². The molecule has 2 nitrogen and oxygen atoms in total. The number of hydrogen-bond acceptors (Lipinski definition) is 2. The van der Waals surface area contributed by atoms with Gasteiger partial charge < -0.3 is 4.74 Å². The smallest absolute Gasteiger partial charge is 0.195 e. The molecule has 0 amide bonds. The molecule has 0 N–H and O–H groups in total. The Balaban J connectivity index is 2.33. The number of halogens is 4. The van der Waals surface area contributed by atoms with E-state index in [1.807, 2.05) is 0 Å². The van der Waals surface area contributed by atoms with E-state index in [2.05, 4.69) is 0 Å². The maximum absolute atomic E-state index is 13.9. The second kappa shape index (κ2) is 5.95. The van der Waals surface area contributed by atoms with Crippen molar-refractivity contribution < 1.29 is 27.1 Å². The van der Waals surface area contributed by atoms with E-state index in [4.69, 9.17) is 4.74 Å². The number of carbonyl (C=O) groups is 1. The Labute approximate surface area is 118 Å². The molecule has 2 aromatic rings.